The molecule has 2 unspecified atom stereocenters. The average molecular weight is 303 g/mol. The maximum Gasteiger partial charge on any atom is 0.222 e. The molecular formula is C10H14IN3. The number of halogens is 1. The first-order valence-corrected chi connectivity index (χ1v) is 5.96. The SMILES string of the molecule is CCC1(C)CC1Nc1ncc(I)cn1. The number of nitrogens with zero attached hydrogens (tertiary/aromatic N) is 2. The van der Waals surface area contributed by atoms with Crippen LogP contribution in [-0.2, 0) is 0 Å². The molecule has 0 bridgehead atoms. The summed E-state index contributed by atoms with van der Waals surface area (Å²) in [4.78, 5) is 8.46. The Kier molecular flexibility index (Phi) is 2.64. The third kappa shape index (κ3) is 1.99. The van der Waals surface area contributed by atoms with Crippen molar-refractivity contribution in [2.45, 2.75) is 32.7 Å². The fourth-order valence-corrected chi connectivity index (χ4v) is 1.84. The lowest BCUT2D eigenvalue weighted by atomic mass is 10.1. The molecular weight excluding hydrogens is 289 g/mol. The van der Waals surface area contributed by atoms with Crippen molar-refractivity contribution in [3.8, 4) is 0 Å². The molecule has 0 aliphatic heterocycles. The van der Waals surface area contributed by atoms with Gasteiger partial charge in [-0.25, -0.2) is 9.97 Å². The highest BCUT2D eigenvalue weighted by atomic mass is 127. The summed E-state index contributed by atoms with van der Waals surface area (Å²) >= 11 is 2.21. The lowest BCUT2D eigenvalue weighted by Gasteiger charge is -2.08. The molecule has 3 nitrogen and oxygen atoms in total. The summed E-state index contributed by atoms with van der Waals surface area (Å²) in [6.07, 6.45) is 6.12. The van der Waals surface area contributed by atoms with Crippen LogP contribution in [0, 0.1) is 8.99 Å². The van der Waals surface area contributed by atoms with E-state index in [0.29, 0.717) is 11.5 Å². The molecule has 0 spiro atoms. The normalized spacial score (nSPS) is 30.1. The summed E-state index contributed by atoms with van der Waals surface area (Å²) in [6, 6.07) is 0.563. The Labute approximate surface area is 97.9 Å². The Morgan fingerprint density at radius 2 is 2.21 bits per heavy atom. The van der Waals surface area contributed by atoms with E-state index in [-0.39, 0.29) is 0 Å². The second-order valence-corrected chi connectivity index (χ2v) is 5.38. The predicted molar refractivity (Wildman–Crippen MR) is 65.2 cm³/mol. The van der Waals surface area contributed by atoms with Crippen LogP contribution in [0.4, 0.5) is 5.95 Å². The number of hydrogen-bond acceptors (Lipinski definition) is 3. The highest BCUT2D eigenvalue weighted by molar-refractivity contribution is 14.1. The Morgan fingerprint density at radius 3 is 2.71 bits per heavy atom. The van der Waals surface area contributed by atoms with Crippen LogP contribution in [0.1, 0.15) is 26.7 Å². The van der Waals surface area contributed by atoms with Crippen molar-refractivity contribution in [2.75, 3.05) is 5.32 Å². The largest absolute Gasteiger partial charge is 0.351 e. The third-order valence-corrected chi connectivity index (χ3v) is 3.64. The topological polar surface area (TPSA) is 37.8 Å². The first-order chi connectivity index (χ1) is 6.64. The fraction of sp³-hybridized carbons (Fsp3) is 0.600. The van der Waals surface area contributed by atoms with Gasteiger partial charge in [0, 0.05) is 22.0 Å². The molecule has 1 heterocycles. The van der Waals surface area contributed by atoms with Crippen LogP contribution in [0.15, 0.2) is 12.4 Å². The van der Waals surface area contributed by atoms with Gasteiger partial charge in [-0.2, -0.15) is 0 Å². The molecule has 0 radical (unpaired) electrons. The van der Waals surface area contributed by atoms with Gasteiger partial charge >= 0.3 is 0 Å². The quantitative estimate of drug-likeness (QED) is 0.873. The summed E-state index contributed by atoms with van der Waals surface area (Å²) < 4.78 is 1.07. The molecule has 1 aliphatic carbocycles. The molecule has 2 atom stereocenters. The minimum Gasteiger partial charge on any atom is -0.351 e. The molecule has 4 heteroatoms. The average Bonchev–Trinajstić information content (AvgIpc) is 2.82. The third-order valence-electron chi connectivity index (χ3n) is 3.08. The first kappa shape index (κ1) is 10.1. The molecule has 1 N–H and O–H groups in total. The van der Waals surface area contributed by atoms with E-state index < -0.39 is 0 Å². The van der Waals surface area contributed by atoms with Gasteiger partial charge in [-0.3, -0.25) is 0 Å². The Hall–Kier alpha value is -0.390. The van der Waals surface area contributed by atoms with Crippen LogP contribution >= 0.6 is 22.6 Å². The number of aromatic nitrogens is 2. The van der Waals surface area contributed by atoms with Crippen molar-refractivity contribution in [1.82, 2.24) is 9.97 Å². The summed E-state index contributed by atoms with van der Waals surface area (Å²) in [7, 11) is 0. The van der Waals surface area contributed by atoms with Gasteiger partial charge in [-0.05, 0) is 40.8 Å². The minimum absolute atomic E-state index is 0.465. The van der Waals surface area contributed by atoms with E-state index in [2.05, 4.69) is 51.7 Å². The molecule has 1 aromatic heterocycles. The van der Waals surface area contributed by atoms with Crippen molar-refractivity contribution in [3.63, 3.8) is 0 Å². The monoisotopic (exact) mass is 303 g/mol. The van der Waals surface area contributed by atoms with E-state index in [1.54, 1.807) is 0 Å². The molecule has 14 heavy (non-hydrogen) atoms. The van der Waals surface area contributed by atoms with Gasteiger partial charge in [-0.15, -0.1) is 0 Å². The molecule has 0 saturated heterocycles. The van der Waals surface area contributed by atoms with Crippen LogP contribution in [0.25, 0.3) is 0 Å². The standard InChI is InChI=1S/C10H14IN3/c1-3-10(2)4-8(10)14-9-12-5-7(11)6-13-9/h5-6,8H,3-4H2,1-2H3,(H,12,13,14). The van der Waals surface area contributed by atoms with Gasteiger partial charge in [0.1, 0.15) is 0 Å². The van der Waals surface area contributed by atoms with Gasteiger partial charge < -0.3 is 5.32 Å². The Balaban J connectivity index is 1.97. The Bertz CT molecular complexity index is 325. The van der Waals surface area contributed by atoms with E-state index in [1.165, 1.54) is 12.8 Å². The number of nitrogens with one attached hydrogen (secondary N) is 1. The van der Waals surface area contributed by atoms with Crippen molar-refractivity contribution >= 4 is 28.5 Å². The molecule has 1 aromatic rings. The van der Waals surface area contributed by atoms with E-state index in [0.717, 1.165) is 9.52 Å². The molecule has 1 saturated carbocycles. The molecule has 1 fully saturated rings. The summed E-state index contributed by atoms with van der Waals surface area (Å²) in [5.41, 5.74) is 0.465. The summed E-state index contributed by atoms with van der Waals surface area (Å²) in [5, 5.41) is 3.36. The maximum absolute atomic E-state index is 4.23. The van der Waals surface area contributed by atoms with Crippen molar-refractivity contribution < 1.29 is 0 Å². The van der Waals surface area contributed by atoms with Crippen LogP contribution in [0.3, 0.4) is 0 Å². The van der Waals surface area contributed by atoms with Crippen molar-refractivity contribution in [1.29, 1.82) is 0 Å². The van der Waals surface area contributed by atoms with E-state index in [1.807, 2.05) is 12.4 Å². The van der Waals surface area contributed by atoms with E-state index in [9.17, 15) is 0 Å². The lowest BCUT2D eigenvalue weighted by Crippen LogP contribution is -2.12. The molecule has 2 rings (SSSR count). The molecule has 1 aliphatic rings. The highest BCUT2D eigenvalue weighted by Crippen LogP contribution is 2.49. The number of anilines is 1. The van der Waals surface area contributed by atoms with Gasteiger partial charge in [0.2, 0.25) is 5.95 Å². The zero-order valence-corrected chi connectivity index (χ0v) is 10.6. The smallest absolute Gasteiger partial charge is 0.222 e. The van der Waals surface area contributed by atoms with Gasteiger partial charge in [0.15, 0.2) is 0 Å². The van der Waals surface area contributed by atoms with Crippen LogP contribution in [0.5, 0.6) is 0 Å². The minimum atomic E-state index is 0.465. The van der Waals surface area contributed by atoms with Gasteiger partial charge in [0.05, 0.1) is 0 Å². The highest BCUT2D eigenvalue weighted by Gasteiger charge is 2.48. The summed E-state index contributed by atoms with van der Waals surface area (Å²) in [5.74, 6) is 0.757. The van der Waals surface area contributed by atoms with Crippen LogP contribution in [0.2, 0.25) is 0 Å². The van der Waals surface area contributed by atoms with E-state index >= 15 is 0 Å². The predicted octanol–water partition coefficient (Wildman–Crippen LogP) is 2.68. The summed E-state index contributed by atoms with van der Waals surface area (Å²) in [6.45, 7) is 4.54. The maximum atomic E-state index is 4.23. The van der Waals surface area contributed by atoms with Crippen molar-refractivity contribution in [3.05, 3.63) is 16.0 Å². The van der Waals surface area contributed by atoms with Gasteiger partial charge in [0.25, 0.3) is 0 Å². The lowest BCUT2D eigenvalue weighted by molar-refractivity contribution is 0.534. The fourth-order valence-electron chi connectivity index (χ4n) is 1.57. The number of hydrogen-bond donors (Lipinski definition) is 1. The van der Waals surface area contributed by atoms with Crippen molar-refractivity contribution in [2.24, 2.45) is 5.41 Å². The second kappa shape index (κ2) is 3.64. The van der Waals surface area contributed by atoms with E-state index in [4.69, 9.17) is 0 Å². The molecule has 76 valence electrons. The molecule has 0 aromatic carbocycles. The van der Waals surface area contributed by atoms with Crippen LogP contribution in [-0.4, -0.2) is 16.0 Å². The zero-order valence-electron chi connectivity index (χ0n) is 8.42. The number of rotatable bonds is 3. The van der Waals surface area contributed by atoms with Crippen LogP contribution < -0.4 is 5.32 Å². The molecule has 0 amide bonds. The second-order valence-electron chi connectivity index (χ2n) is 4.13. The zero-order chi connectivity index (χ0) is 10.2. The van der Waals surface area contributed by atoms with Gasteiger partial charge in [-0.1, -0.05) is 13.8 Å². The first-order valence-electron chi connectivity index (χ1n) is 4.88. The Morgan fingerprint density at radius 1 is 1.57 bits per heavy atom.